The number of aromatic nitrogens is 4. The molecule has 2 aromatic heterocycles. The van der Waals surface area contributed by atoms with Gasteiger partial charge in [0.2, 0.25) is 11.8 Å². The van der Waals surface area contributed by atoms with Gasteiger partial charge in [-0.2, -0.15) is 4.98 Å². The molecular formula is C18H21N5O2. The first-order valence-electron chi connectivity index (χ1n) is 8.70. The lowest BCUT2D eigenvalue weighted by Gasteiger charge is -2.31. The lowest BCUT2D eigenvalue weighted by Crippen LogP contribution is -2.39. The van der Waals surface area contributed by atoms with Crippen molar-refractivity contribution >= 4 is 16.9 Å². The van der Waals surface area contributed by atoms with Crippen LogP contribution in [0.15, 0.2) is 28.8 Å². The number of aryl methyl sites for hydroxylation is 2. The Morgan fingerprint density at radius 1 is 1.36 bits per heavy atom. The van der Waals surface area contributed by atoms with E-state index >= 15 is 0 Å². The summed E-state index contributed by atoms with van der Waals surface area (Å²) in [5, 5.41) is 4.01. The van der Waals surface area contributed by atoms with Gasteiger partial charge in [0.1, 0.15) is 5.82 Å². The van der Waals surface area contributed by atoms with E-state index in [1.54, 1.807) is 6.92 Å². The third kappa shape index (κ3) is 3.40. The molecule has 130 valence electrons. The molecule has 7 heteroatoms. The second-order valence-corrected chi connectivity index (χ2v) is 6.55. The van der Waals surface area contributed by atoms with Gasteiger partial charge in [-0.05, 0) is 25.0 Å². The van der Waals surface area contributed by atoms with Gasteiger partial charge >= 0.3 is 0 Å². The van der Waals surface area contributed by atoms with Gasteiger partial charge in [0.25, 0.3) is 0 Å². The average Bonchev–Trinajstić information content (AvgIpc) is 3.25. The topological polar surface area (TPSA) is 87.9 Å². The van der Waals surface area contributed by atoms with Crippen LogP contribution in [0.1, 0.15) is 42.7 Å². The summed E-state index contributed by atoms with van der Waals surface area (Å²) in [6, 6.07) is 7.91. The third-order valence-corrected chi connectivity index (χ3v) is 4.70. The smallest absolute Gasteiger partial charge is 0.223 e. The number of benzene rings is 1. The zero-order valence-corrected chi connectivity index (χ0v) is 14.2. The van der Waals surface area contributed by atoms with Crippen LogP contribution < -0.4 is 0 Å². The predicted molar refractivity (Wildman–Crippen MR) is 92.0 cm³/mol. The van der Waals surface area contributed by atoms with E-state index in [9.17, 15) is 4.79 Å². The van der Waals surface area contributed by atoms with Gasteiger partial charge in [-0.25, -0.2) is 4.98 Å². The highest BCUT2D eigenvalue weighted by atomic mass is 16.5. The van der Waals surface area contributed by atoms with Crippen LogP contribution in [0, 0.1) is 6.92 Å². The first-order chi connectivity index (χ1) is 12.2. The van der Waals surface area contributed by atoms with Crippen LogP contribution >= 0.6 is 0 Å². The van der Waals surface area contributed by atoms with E-state index in [0.717, 1.165) is 36.2 Å². The average molecular weight is 339 g/mol. The molecule has 1 aromatic carbocycles. The summed E-state index contributed by atoms with van der Waals surface area (Å²) >= 11 is 0. The molecule has 1 amide bonds. The number of likely N-dealkylation sites (tertiary alicyclic amines) is 1. The van der Waals surface area contributed by atoms with E-state index in [1.807, 2.05) is 29.2 Å². The van der Waals surface area contributed by atoms with Crippen molar-refractivity contribution in [3.05, 3.63) is 41.8 Å². The number of piperidine rings is 1. The van der Waals surface area contributed by atoms with E-state index in [0.29, 0.717) is 31.1 Å². The number of amides is 1. The number of fused-ring (bicyclic) bond motifs is 1. The van der Waals surface area contributed by atoms with Crippen molar-refractivity contribution in [3.8, 4) is 0 Å². The molecule has 3 heterocycles. The van der Waals surface area contributed by atoms with E-state index in [1.165, 1.54) is 0 Å². The Hall–Kier alpha value is -2.70. The van der Waals surface area contributed by atoms with Crippen molar-refractivity contribution in [2.75, 3.05) is 13.1 Å². The second-order valence-electron chi connectivity index (χ2n) is 6.55. The summed E-state index contributed by atoms with van der Waals surface area (Å²) in [5.41, 5.74) is 1.95. The molecule has 1 saturated heterocycles. The zero-order valence-electron chi connectivity index (χ0n) is 14.2. The molecule has 0 radical (unpaired) electrons. The van der Waals surface area contributed by atoms with Gasteiger partial charge in [-0.15, -0.1) is 0 Å². The minimum atomic E-state index is 0.158. The molecule has 0 unspecified atom stereocenters. The highest BCUT2D eigenvalue weighted by Gasteiger charge is 2.27. The highest BCUT2D eigenvalue weighted by molar-refractivity contribution is 5.77. The Balaban J connectivity index is 1.37. The van der Waals surface area contributed by atoms with Crippen LogP contribution in [-0.2, 0) is 11.2 Å². The van der Waals surface area contributed by atoms with Gasteiger partial charge in [0.05, 0.1) is 11.0 Å². The summed E-state index contributed by atoms with van der Waals surface area (Å²) in [4.78, 5) is 26.6. The van der Waals surface area contributed by atoms with Gasteiger partial charge in [0.15, 0.2) is 5.82 Å². The Morgan fingerprint density at radius 3 is 3.04 bits per heavy atom. The molecule has 1 fully saturated rings. The molecule has 7 nitrogen and oxygen atoms in total. The number of para-hydroxylation sites is 2. The molecule has 0 spiro atoms. The second kappa shape index (κ2) is 6.66. The number of rotatable bonds is 4. The number of nitrogens with one attached hydrogen (secondary N) is 1. The molecule has 1 aliphatic heterocycles. The Labute approximate surface area is 145 Å². The largest absolute Gasteiger partial charge is 0.342 e. The first-order valence-corrected chi connectivity index (χ1v) is 8.70. The lowest BCUT2D eigenvalue weighted by atomic mass is 9.97. The standard InChI is InChI=1S/C18H21N5O2/c1-12-19-18(22-25-12)13-5-4-10-23(11-13)17(24)9-8-16-20-14-6-2-3-7-15(14)21-16/h2-3,6-7,13H,4-5,8-11H2,1H3,(H,20,21)/t13-/m1/s1. The molecule has 4 rings (SSSR count). The molecule has 0 bridgehead atoms. The van der Waals surface area contributed by atoms with Crippen LogP contribution in [0.2, 0.25) is 0 Å². The maximum atomic E-state index is 12.6. The molecular weight excluding hydrogens is 318 g/mol. The number of aromatic amines is 1. The first kappa shape index (κ1) is 15.8. The molecule has 1 aliphatic rings. The van der Waals surface area contributed by atoms with Crippen molar-refractivity contribution in [3.63, 3.8) is 0 Å². The number of hydrogen-bond acceptors (Lipinski definition) is 5. The summed E-state index contributed by atoms with van der Waals surface area (Å²) in [6.07, 6.45) is 3.04. The predicted octanol–water partition coefficient (Wildman–Crippen LogP) is 2.59. The number of carbonyl (C=O) groups is 1. The fourth-order valence-corrected chi connectivity index (χ4v) is 3.40. The van der Waals surface area contributed by atoms with Crippen molar-refractivity contribution in [2.45, 2.75) is 38.5 Å². The van der Waals surface area contributed by atoms with Gasteiger partial charge in [-0.3, -0.25) is 4.79 Å². The van der Waals surface area contributed by atoms with Crippen LogP contribution in [0.3, 0.4) is 0 Å². The quantitative estimate of drug-likeness (QED) is 0.789. The van der Waals surface area contributed by atoms with Gasteiger partial charge in [0, 0.05) is 38.8 Å². The summed E-state index contributed by atoms with van der Waals surface area (Å²) in [6.45, 7) is 3.25. The van der Waals surface area contributed by atoms with Crippen LogP contribution in [0.5, 0.6) is 0 Å². The molecule has 1 atom stereocenters. The SMILES string of the molecule is Cc1nc([C@@H]2CCCN(C(=O)CCc3nc4ccccc4[nH]3)C2)no1. The lowest BCUT2D eigenvalue weighted by molar-refractivity contribution is -0.132. The normalized spacial score (nSPS) is 18.0. The van der Waals surface area contributed by atoms with E-state index in [-0.39, 0.29) is 11.8 Å². The van der Waals surface area contributed by atoms with Crippen LogP contribution in [0.25, 0.3) is 11.0 Å². The highest BCUT2D eigenvalue weighted by Crippen LogP contribution is 2.25. The van der Waals surface area contributed by atoms with Crippen LogP contribution in [0.4, 0.5) is 0 Å². The summed E-state index contributed by atoms with van der Waals surface area (Å²) < 4.78 is 5.07. The number of nitrogens with zero attached hydrogens (tertiary/aromatic N) is 4. The fourth-order valence-electron chi connectivity index (χ4n) is 3.40. The number of carbonyl (C=O) groups excluding carboxylic acids is 1. The van der Waals surface area contributed by atoms with E-state index in [2.05, 4.69) is 20.1 Å². The fraction of sp³-hybridized carbons (Fsp3) is 0.444. The van der Waals surface area contributed by atoms with E-state index in [4.69, 9.17) is 4.52 Å². The Morgan fingerprint density at radius 2 is 2.24 bits per heavy atom. The molecule has 3 aromatic rings. The maximum absolute atomic E-state index is 12.6. The van der Waals surface area contributed by atoms with Gasteiger partial charge < -0.3 is 14.4 Å². The minimum Gasteiger partial charge on any atom is -0.342 e. The Kier molecular flexibility index (Phi) is 4.21. The maximum Gasteiger partial charge on any atom is 0.223 e. The van der Waals surface area contributed by atoms with Crippen molar-refractivity contribution < 1.29 is 9.32 Å². The molecule has 0 saturated carbocycles. The summed E-state index contributed by atoms with van der Waals surface area (Å²) in [7, 11) is 0. The van der Waals surface area contributed by atoms with Gasteiger partial charge in [-0.1, -0.05) is 17.3 Å². The van der Waals surface area contributed by atoms with Crippen molar-refractivity contribution in [1.29, 1.82) is 0 Å². The van der Waals surface area contributed by atoms with Crippen molar-refractivity contribution in [2.24, 2.45) is 0 Å². The molecule has 0 aliphatic carbocycles. The Bertz CT molecular complexity index is 851. The van der Waals surface area contributed by atoms with E-state index < -0.39 is 0 Å². The molecule has 25 heavy (non-hydrogen) atoms. The zero-order chi connectivity index (χ0) is 17.2. The van der Waals surface area contributed by atoms with Crippen molar-refractivity contribution in [1.82, 2.24) is 25.0 Å². The van der Waals surface area contributed by atoms with Crippen LogP contribution in [-0.4, -0.2) is 44.0 Å². The third-order valence-electron chi connectivity index (χ3n) is 4.70. The summed E-state index contributed by atoms with van der Waals surface area (Å²) in [5.74, 6) is 2.47. The number of H-pyrrole nitrogens is 1. The number of imidazole rings is 1. The number of hydrogen-bond donors (Lipinski definition) is 1. The molecule has 1 N–H and O–H groups in total. The minimum absolute atomic E-state index is 0.158. The monoisotopic (exact) mass is 339 g/mol.